The molecular formula is C12H12N2O3. The molecule has 17 heavy (non-hydrogen) atoms. The summed E-state index contributed by atoms with van der Waals surface area (Å²) in [5, 5.41) is 10.4. The number of hydrogen-bond donors (Lipinski definition) is 1. The molecule has 1 fully saturated rings. The van der Waals surface area contributed by atoms with Crippen LogP contribution in [0.15, 0.2) is 35.5 Å². The Bertz CT molecular complexity index is 608. The third-order valence-electron chi connectivity index (χ3n) is 3.11. The zero-order chi connectivity index (χ0) is 11.8. The molecule has 2 atom stereocenters. The third-order valence-corrected chi connectivity index (χ3v) is 3.11. The summed E-state index contributed by atoms with van der Waals surface area (Å²) in [4.78, 5) is 15.6. The van der Waals surface area contributed by atoms with Crippen molar-refractivity contribution in [2.75, 3.05) is 13.2 Å². The fourth-order valence-electron chi connectivity index (χ4n) is 2.21. The largest absolute Gasteiger partial charge is 0.388 e. The first-order valence-corrected chi connectivity index (χ1v) is 5.48. The van der Waals surface area contributed by atoms with E-state index in [2.05, 4.69) is 4.98 Å². The van der Waals surface area contributed by atoms with Crippen molar-refractivity contribution in [3.63, 3.8) is 0 Å². The monoisotopic (exact) mass is 232 g/mol. The zero-order valence-corrected chi connectivity index (χ0v) is 9.11. The van der Waals surface area contributed by atoms with Crippen LogP contribution in [0.3, 0.4) is 0 Å². The van der Waals surface area contributed by atoms with Crippen molar-refractivity contribution in [1.29, 1.82) is 0 Å². The second-order valence-electron chi connectivity index (χ2n) is 4.15. The molecule has 1 N–H and O–H groups in total. The molecule has 0 saturated carbocycles. The summed E-state index contributed by atoms with van der Waals surface area (Å²) >= 11 is 0. The molecule has 0 radical (unpaired) electrons. The van der Waals surface area contributed by atoms with E-state index in [0.29, 0.717) is 18.6 Å². The van der Waals surface area contributed by atoms with Gasteiger partial charge in [0.15, 0.2) is 5.43 Å². The molecule has 0 spiro atoms. The first-order chi connectivity index (χ1) is 8.27. The minimum absolute atomic E-state index is 0.0576. The van der Waals surface area contributed by atoms with Crippen LogP contribution in [0, 0.1) is 0 Å². The molecule has 0 amide bonds. The standard InChI is InChI=1S/C12H12N2O3/c15-11-2-4-14(10-6-17-7-12(10)16)9-1-3-13-5-8(9)11/h1-5,10,12,16H,6-7H2/t10-,12-/m0/s1. The number of hydrogen-bond acceptors (Lipinski definition) is 4. The average molecular weight is 232 g/mol. The maximum Gasteiger partial charge on any atom is 0.190 e. The Morgan fingerprint density at radius 2 is 2.29 bits per heavy atom. The predicted molar refractivity (Wildman–Crippen MR) is 61.9 cm³/mol. The number of ether oxygens (including phenoxy) is 1. The lowest BCUT2D eigenvalue weighted by Crippen LogP contribution is -2.23. The Morgan fingerprint density at radius 1 is 1.41 bits per heavy atom. The molecule has 2 aromatic heterocycles. The van der Waals surface area contributed by atoms with Crippen LogP contribution < -0.4 is 5.43 Å². The molecular weight excluding hydrogens is 220 g/mol. The second kappa shape index (κ2) is 3.94. The average Bonchev–Trinajstić information content (AvgIpc) is 2.77. The second-order valence-corrected chi connectivity index (χ2v) is 4.15. The first-order valence-electron chi connectivity index (χ1n) is 5.48. The van der Waals surface area contributed by atoms with Gasteiger partial charge in [-0.3, -0.25) is 9.78 Å². The number of aliphatic hydroxyl groups excluding tert-OH is 1. The summed E-state index contributed by atoms with van der Waals surface area (Å²) in [6.07, 6.45) is 4.36. The van der Waals surface area contributed by atoms with Crippen LogP contribution in [-0.4, -0.2) is 34.0 Å². The van der Waals surface area contributed by atoms with Gasteiger partial charge in [-0.2, -0.15) is 0 Å². The SMILES string of the molecule is O=c1ccn([C@H]2COC[C@@H]2O)c2ccncc12. The summed E-state index contributed by atoms with van der Waals surface area (Å²) in [6, 6.07) is 3.14. The number of aromatic nitrogens is 2. The molecule has 0 bridgehead atoms. The molecule has 0 aromatic carbocycles. The van der Waals surface area contributed by atoms with Gasteiger partial charge < -0.3 is 14.4 Å². The van der Waals surface area contributed by atoms with Crippen LogP contribution in [0.25, 0.3) is 10.9 Å². The number of aliphatic hydroxyl groups is 1. The van der Waals surface area contributed by atoms with Crippen molar-refractivity contribution >= 4 is 10.9 Å². The van der Waals surface area contributed by atoms with Crippen molar-refractivity contribution in [3.8, 4) is 0 Å². The maximum absolute atomic E-state index is 11.7. The van der Waals surface area contributed by atoms with Crippen molar-refractivity contribution in [2.24, 2.45) is 0 Å². The number of nitrogens with zero attached hydrogens (tertiary/aromatic N) is 2. The molecule has 0 unspecified atom stereocenters. The maximum atomic E-state index is 11.7. The van der Waals surface area contributed by atoms with Gasteiger partial charge in [-0.15, -0.1) is 0 Å². The predicted octanol–water partition coefficient (Wildman–Crippen LogP) is 0.329. The molecule has 1 aliphatic rings. The Labute approximate surface area is 97.3 Å². The van der Waals surface area contributed by atoms with E-state index in [9.17, 15) is 9.90 Å². The highest BCUT2D eigenvalue weighted by atomic mass is 16.5. The topological polar surface area (TPSA) is 64.3 Å². The Morgan fingerprint density at radius 3 is 3.06 bits per heavy atom. The van der Waals surface area contributed by atoms with Crippen molar-refractivity contribution in [2.45, 2.75) is 12.1 Å². The van der Waals surface area contributed by atoms with Crippen molar-refractivity contribution in [1.82, 2.24) is 9.55 Å². The molecule has 2 aromatic rings. The normalized spacial score (nSPS) is 24.3. The van der Waals surface area contributed by atoms with Gasteiger partial charge in [0.05, 0.1) is 30.2 Å². The van der Waals surface area contributed by atoms with Gasteiger partial charge in [-0.1, -0.05) is 0 Å². The van der Waals surface area contributed by atoms with E-state index >= 15 is 0 Å². The van der Waals surface area contributed by atoms with Crippen LogP contribution >= 0.6 is 0 Å². The number of rotatable bonds is 1. The summed E-state index contributed by atoms with van der Waals surface area (Å²) in [6.45, 7) is 0.796. The lowest BCUT2D eigenvalue weighted by atomic mass is 10.1. The highest BCUT2D eigenvalue weighted by Crippen LogP contribution is 2.22. The summed E-state index contributed by atoms with van der Waals surface area (Å²) < 4.78 is 7.12. The molecule has 5 nitrogen and oxygen atoms in total. The smallest absolute Gasteiger partial charge is 0.190 e. The van der Waals surface area contributed by atoms with E-state index in [4.69, 9.17) is 4.74 Å². The molecule has 3 heterocycles. The van der Waals surface area contributed by atoms with Crippen LogP contribution in [0.5, 0.6) is 0 Å². The fraction of sp³-hybridized carbons (Fsp3) is 0.333. The van der Waals surface area contributed by atoms with Gasteiger partial charge >= 0.3 is 0 Å². The number of fused-ring (bicyclic) bond motifs is 1. The molecule has 0 aliphatic carbocycles. The van der Waals surface area contributed by atoms with E-state index in [1.54, 1.807) is 24.7 Å². The van der Waals surface area contributed by atoms with Gasteiger partial charge in [0, 0.05) is 24.7 Å². The Hall–Kier alpha value is -1.72. The summed E-state index contributed by atoms with van der Waals surface area (Å²) in [7, 11) is 0. The zero-order valence-electron chi connectivity index (χ0n) is 9.11. The van der Waals surface area contributed by atoms with Gasteiger partial charge in [0.2, 0.25) is 0 Å². The quantitative estimate of drug-likeness (QED) is 0.769. The fourth-order valence-corrected chi connectivity index (χ4v) is 2.21. The third kappa shape index (κ3) is 1.64. The van der Waals surface area contributed by atoms with Gasteiger partial charge in [0.1, 0.15) is 6.10 Å². The minimum atomic E-state index is -0.533. The van der Waals surface area contributed by atoms with Crippen molar-refractivity contribution < 1.29 is 9.84 Å². The van der Waals surface area contributed by atoms with Crippen LogP contribution in [0.4, 0.5) is 0 Å². The Kier molecular flexibility index (Phi) is 2.42. The molecule has 3 rings (SSSR count). The Balaban J connectivity index is 2.23. The highest BCUT2D eigenvalue weighted by molar-refractivity contribution is 5.77. The van der Waals surface area contributed by atoms with E-state index < -0.39 is 6.10 Å². The summed E-state index contributed by atoms with van der Waals surface area (Å²) in [5.41, 5.74) is 0.722. The first kappa shape index (κ1) is 10.4. The highest BCUT2D eigenvalue weighted by Gasteiger charge is 2.28. The minimum Gasteiger partial charge on any atom is -0.388 e. The van der Waals surface area contributed by atoms with Crippen LogP contribution in [-0.2, 0) is 4.74 Å². The molecule has 1 saturated heterocycles. The van der Waals surface area contributed by atoms with E-state index in [0.717, 1.165) is 5.52 Å². The molecule has 88 valence electrons. The van der Waals surface area contributed by atoms with Crippen LogP contribution in [0.1, 0.15) is 6.04 Å². The van der Waals surface area contributed by atoms with Gasteiger partial charge in [-0.25, -0.2) is 0 Å². The van der Waals surface area contributed by atoms with E-state index in [-0.39, 0.29) is 11.5 Å². The number of pyridine rings is 2. The van der Waals surface area contributed by atoms with Crippen molar-refractivity contribution in [3.05, 3.63) is 40.9 Å². The van der Waals surface area contributed by atoms with Gasteiger partial charge in [0.25, 0.3) is 0 Å². The van der Waals surface area contributed by atoms with Gasteiger partial charge in [-0.05, 0) is 6.07 Å². The van der Waals surface area contributed by atoms with E-state index in [1.807, 2.05) is 4.57 Å². The van der Waals surface area contributed by atoms with Crippen LogP contribution in [0.2, 0.25) is 0 Å². The summed E-state index contributed by atoms with van der Waals surface area (Å²) in [5.74, 6) is 0. The molecule has 5 heteroatoms. The lowest BCUT2D eigenvalue weighted by Gasteiger charge is -2.19. The molecule has 1 aliphatic heterocycles. The lowest BCUT2D eigenvalue weighted by molar-refractivity contribution is 0.120. The van der Waals surface area contributed by atoms with E-state index in [1.165, 1.54) is 6.07 Å².